The Morgan fingerprint density at radius 3 is 2.32 bits per heavy atom. The smallest absolute Gasteiger partial charge is 0.194 e. The first-order valence-electron chi connectivity index (χ1n) is 7.88. The third-order valence-corrected chi connectivity index (χ3v) is 5.94. The highest BCUT2D eigenvalue weighted by atomic mass is 32.2. The van der Waals surface area contributed by atoms with Crippen LogP contribution in [0, 0.1) is 5.82 Å². The second-order valence-corrected chi connectivity index (χ2v) is 7.48. The predicted octanol–water partition coefficient (Wildman–Crippen LogP) is 5.46. The maximum atomic E-state index is 13.4. The first kappa shape index (κ1) is 14.0. The summed E-state index contributed by atoms with van der Waals surface area (Å²) in [6.07, 6.45) is 6.50. The first-order chi connectivity index (χ1) is 10.7. The quantitative estimate of drug-likeness (QED) is 0.625. The number of fused-ring (bicyclic) bond motifs is 3. The summed E-state index contributed by atoms with van der Waals surface area (Å²) < 4.78 is 13.4. The summed E-state index contributed by atoms with van der Waals surface area (Å²) in [7, 11) is 0. The van der Waals surface area contributed by atoms with Gasteiger partial charge in [-0.3, -0.25) is 4.79 Å². The fourth-order valence-corrected chi connectivity index (χ4v) is 4.77. The van der Waals surface area contributed by atoms with E-state index in [4.69, 9.17) is 0 Å². The minimum atomic E-state index is -0.350. The molecule has 0 saturated heterocycles. The summed E-state index contributed by atoms with van der Waals surface area (Å²) >= 11 is 1.89. The van der Waals surface area contributed by atoms with Crippen LogP contribution in [0.25, 0.3) is 11.1 Å². The Labute approximate surface area is 133 Å². The lowest BCUT2D eigenvalue weighted by Crippen LogP contribution is -2.07. The SMILES string of the molecule is O=C1c2cc(F)ccc2-c2ccc(SC3CCCCC3)cc21. The molecule has 0 spiro atoms. The molecule has 0 unspecified atom stereocenters. The van der Waals surface area contributed by atoms with Crippen LogP contribution in [0.3, 0.4) is 0 Å². The molecule has 0 atom stereocenters. The van der Waals surface area contributed by atoms with Crippen LogP contribution in [-0.4, -0.2) is 11.0 Å². The summed E-state index contributed by atoms with van der Waals surface area (Å²) in [5.41, 5.74) is 3.01. The molecule has 1 fully saturated rings. The predicted molar refractivity (Wildman–Crippen MR) is 88.0 cm³/mol. The van der Waals surface area contributed by atoms with Gasteiger partial charge in [0.05, 0.1) is 0 Å². The molecule has 2 aliphatic carbocycles. The minimum Gasteiger partial charge on any atom is -0.289 e. The van der Waals surface area contributed by atoms with Gasteiger partial charge in [-0.2, -0.15) is 0 Å². The lowest BCUT2D eigenvalue weighted by molar-refractivity contribution is 0.104. The van der Waals surface area contributed by atoms with Crippen LogP contribution in [0.5, 0.6) is 0 Å². The number of benzene rings is 2. The van der Waals surface area contributed by atoms with Crippen molar-refractivity contribution in [2.24, 2.45) is 0 Å². The molecule has 2 aliphatic rings. The fraction of sp³-hybridized carbons (Fsp3) is 0.316. The lowest BCUT2D eigenvalue weighted by Gasteiger charge is -2.21. The number of rotatable bonds is 2. The molecule has 1 saturated carbocycles. The summed E-state index contributed by atoms with van der Waals surface area (Å²) in [6.45, 7) is 0. The van der Waals surface area contributed by atoms with Gasteiger partial charge in [0, 0.05) is 21.3 Å². The highest BCUT2D eigenvalue weighted by Crippen LogP contribution is 2.40. The van der Waals surface area contributed by atoms with Gasteiger partial charge in [-0.15, -0.1) is 11.8 Å². The second kappa shape index (κ2) is 5.54. The van der Waals surface area contributed by atoms with E-state index < -0.39 is 0 Å². The maximum Gasteiger partial charge on any atom is 0.194 e. The molecule has 4 rings (SSSR count). The van der Waals surface area contributed by atoms with Crippen LogP contribution >= 0.6 is 11.8 Å². The van der Waals surface area contributed by atoms with E-state index in [-0.39, 0.29) is 11.6 Å². The molecule has 0 radical (unpaired) electrons. The minimum absolute atomic E-state index is 0.0457. The molecule has 22 heavy (non-hydrogen) atoms. The Morgan fingerprint density at radius 1 is 0.864 bits per heavy atom. The molecule has 1 nitrogen and oxygen atoms in total. The van der Waals surface area contributed by atoms with Crippen molar-refractivity contribution in [2.75, 3.05) is 0 Å². The van der Waals surface area contributed by atoms with Crippen molar-refractivity contribution in [3.05, 3.63) is 53.3 Å². The van der Waals surface area contributed by atoms with E-state index >= 15 is 0 Å². The van der Waals surface area contributed by atoms with Crippen LogP contribution in [0.15, 0.2) is 41.3 Å². The molecule has 112 valence electrons. The molecule has 0 aliphatic heterocycles. The van der Waals surface area contributed by atoms with E-state index in [1.807, 2.05) is 23.9 Å². The Morgan fingerprint density at radius 2 is 1.55 bits per heavy atom. The number of hydrogen-bond acceptors (Lipinski definition) is 2. The largest absolute Gasteiger partial charge is 0.289 e. The molecular formula is C19H17FOS. The normalized spacial score (nSPS) is 17.4. The monoisotopic (exact) mass is 312 g/mol. The molecule has 0 amide bonds. The van der Waals surface area contributed by atoms with Gasteiger partial charge in [0.2, 0.25) is 0 Å². The Bertz CT molecular complexity index is 747. The van der Waals surface area contributed by atoms with Gasteiger partial charge in [0.15, 0.2) is 5.78 Å². The zero-order valence-corrected chi connectivity index (χ0v) is 13.1. The number of carbonyl (C=O) groups is 1. The molecule has 0 heterocycles. The Balaban J connectivity index is 1.66. The van der Waals surface area contributed by atoms with Gasteiger partial charge >= 0.3 is 0 Å². The molecule has 3 heteroatoms. The van der Waals surface area contributed by atoms with Gasteiger partial charge < -0.3 is 0 Å². The number of ketones is 1. The topological polar surface area (TPSA) is 17.1 Å². The van der Waals surface area contributed by atoms with Crippen LogP contribution < -0.4 is 0 Å². The van der Waals surface area contributed by atoms with Crippen LogP contribution in [-0.2, 0) is 0 Å². The number of carbonyl (C=O) groups excluding carboxylic acids is 1. The third kappa shape index (κ3) is 2.38. The first-order valence-corrected chi connectivity index (χ1v) is 8.76. The van der Waals surface area contributed by atoms with E-state index in [9.17, 15) is 9.18 Å². The van der Waals surface area contributed by atoms with Crippen LogP contribution in [0.2, 0.25) is 0 Å². The summed E-state index contributed by atoms with van der Waals surface area (Å²) in [4.78, 5) is 13.7. The van der Waals surface area contributed by atoms with Gasteiger partial charge in [-0.05, 0) is 48.2 Å². The summed E-state index contributed by atoms with van der Waals surface area (Å²) in [5.74, 6) is -0.396. The lowest BCUT2D eigenvalue weighted by atomic mass is 10.0. The zero-order valence-electron chi connectivity index (χ0n) is 12.3. The van der Waals surface area contributed by atoms with Crippen molar-refractivity contribution in [2.45, 2.75) is 42.2 Å². The van der Waals surface area contributed by atoms with Crippen LogP contribution in [0.4, 0.5) is 4.39 Å². The zero-order chi connectivity index (χ0) is 15.1. The standard InChI is InChI=1S/C19H17FOS/c20-12-6-8-15-16-9-7-14(22-13-4-2-1-3-5-13)11-18(16)19(21)17(15)10-12/h6-11,13H,1-5H2. The highest BCUT2D eigenvalue weighted by molar-refractivity contribution is 8.00. The number of thioether (sulfide) groups is 1. The van der Waals surface area contributed by atoms with Crippen molar-refractivity contribution < 1.29 is 9.18 Å². The maximum absolute atomic E-state index is 13.4. The molecule has 0 aromatic heterocycles. The van der Waals surface area contributed by atoms with E-state index in [0.717, 1.165) is 21.6 Å². The van der Waals surface area contributed by atoms with Gasteiger partial charge in [0.25, 0.3) is 0 Å². The molecule has 2 aromatic carbocycles. The van der Waals surface area contributed by atoms with Crippen molar-refractivity contribution >= 4 is 17.5 Å². The molecule has 0 N–H and O–H groups in total. The molecule has 0 bridgehead atoms. The average molecular weight is 312 g/mol. The van der Waals surface area contributed by atoms with E-state index in [2.05, 4.69) is 6.07 Å². The van der Waals surface area contributed by atoms with Crippen molar-refractivity contribution in [3.63, 3.8) is 0 Å². The van der Waals surface area contributed by atoms with E-state index in [1.165, 1.54) is 44.2 Å². The van der Waals surface area contributed by atoms with Gasteiger partial charge in [-0.1, -0.05) is 31.4 Å². The van der Waals surface area contributed by atoms with Crippen LogP contribution in [0.1, 0.15) is 48.0 Å². The average Bonchev–Trinajstić information content (AvgIpc) is 2.81. The van der Waals surface area contributed by atoms with E-state index in [0.29, 0.717) is 10.8 Å². The number of hydrogen-bond donors (Lipinski definition) is 0. The molecule has 2 aromatic rings. The Kier molecular flexibility index (Phi) is 3.53. The van der Waals surface area contributed by atoms with Gasteiger partial charge in [-0.25, -0.2) is 4.39 Å². The van der Waals surface area contributed by atoms with Crippen molar-refractivity contribution in [1.82, 2.24) is 0 Å². The number of halogens is 1. The Hall–Kier alpha value is -1.61. The van der Waals surface area contributed by atoms with Crippen molar-refractivity contribution in [1.29, 1.82) is 0 Å². The summed E-state index contributed by atoms with van der Waals surface area (Å²) in [6, 6.07) is 10.6. The van der Waals surface area contributed by atoms with Crippen molar-refractivity contribution in [3.8, 4) is 11.1 Å². The fourth-order valence-electron chi connectivity index (χ4n) is 3.48. The van der Waals surface area contributed by atoms with E-state index in [1.54, 1.807) is 6.07 Å². The second-order valence-electron chi connectivity index (χ2n) is 6.10. The van der Waals surface area contributed by atoms with Gasteiger partial charge in [0.1, 0.15) is 5.82 Å². The molecular weight excluding hydrogens is 295 g/mol. The highest BCUT2D eigenvalue weighted by Gasteiger charge is 2.27. The summed E-state index contributed by atoms with van der Waals surface area (Å²) in [5, 5.41) is 0.670. The third-order valence-electron chi connectivity index (χ3n) is 4.61.